The van der Waals surface area contributed by atoms with Gasteiger partial charge in [-0.15, -0.1) is 6.42 Å². The van der Waals surface area contributed by atoms with Gasteiger partial charge in [0.05, 0.1) is 18.4 Å². The smallest absolute Gasteiger partial charge is 0.336 e. The number of terminal acetylenes is 1. The number of carbonyl (C=O) groups excluding carboxylic acids is 2. The molecule has 0 aliphatic carbocycles. The number of hydrogen-bond acceptors (Lipinski definition) is 5. The molecule has 1 heterocycles. The number of amides is 2. The number of carbonyl (C=O) groups is 3. The zero-order valence-electron chi connectivity index (χ0n) is 19.9. The minimum Gasteiger partial charge on any atom is -0.478 e. The molecule has 6 N–H and O–H groups in total. The molecule has 0 aliphatic heterocycles. The third kappa shape index (κ3) is 5.45. The standard InChI is InChI=1S/C29H22N4O5/c1-2-13-32-27(34)19-8-12-22(24(16-19)29(36)37)21-11-7-18(25-4-3-14-38-25)15-23(21)28(35)33-20-9-5-17(6-10-20)26(30)31/h1,3-12,14-16H,13H2,(H3,30,31)(H,32,34)(H,33,35)(H,36,37). The van der Waals surface area contributed by atoms with Crippen molar-refractivity contribution in [1.29, 1.82) is 5.41 Å². The molecule has 9 nitrogen and oxygen atoms in total. The number of furan rings is 1. The Morgan fingerprint density at radius 2 is 1.61 bits per heavy atom. The first kappa shape index (κ1) is 25.5. The summed E-state index contributed by atoms with van der Waals surface area (Å²) in [5.41, 5.74) is 7.78. The highest BCUT2D eigenvalue weighted by Crippen LogP contribution is 2.33. The molecule has 2 amide bonds. The molecule has 0 atom stereocenters. The Balaban J connectivity index is 1.79. The quantitative estimate of drug-likeness (QED) is 0.137. The maximum Gasteiger partial charge on any atom is 0.336 e. The average Bonchev–Trinajstić information content (AvgIpc) is 3.46. The van der Waals surface area contributed by atoms with E-state index in [9.17, 15) is 19.5 Å². The molecule has 188 valence electrons. The van der Waals surface area contributed by atoms with E-state index in [-0.39, 0.29) is 34.6 Å². The van der Waals surface area contributed by atoms with E-state index in [0.29, 0.717) is 28.1 Å². The zero-order chi connectivity index (χ0) is 27.2. The van der Waals surface area contributed by atoms with E-state index in [4.69, 9.17) is 22.0 Å². The summed E-state index contributed by atoms with van der Waals surface area (Å²) in [5.74, 6) is 0.421. The lowest BCUT2D eigenvalue weighted by atomic mass is 9.91. The molecule has 4 aromatic rings. The van der Waals surface area contributed by atoms with E-state index in [2.05, 4.69) is 16.6 Å². The first-order valence-electron chi connectivity index (χ1n) is 11.3. The van der Waals surface area contributed by atoms with Crippen molar-refractivity contribution in [3.8, 4) is 34.8 Å². The molecule has 0 radical (unpaired) electrons. The molecule has 0 fully saturated rings. The fourth-order valence-corrected chi connectivity index (χ4v) is 3.83. The number of nitrogen functional groups attached to an aromatic ring is 1. The van der Waals surface area contributed by atoms with Crippen LogP contribution in [0.25, 0.3) is 22.5 Å². The molecule has 0 saturated carbocycles. The van der Waals surface area contributed by atoms with Crippen LogP contribution in [0.15, 0.2) is 83.5 Å². The van der Waals surface area contributed by atoms with Crippen LogP contribution in [0.1, 0.15) is 36.6 Å². The summed E-state index contributed by atoms with van der Waals surface area (Å²) in [6.45, 7) is -0.00501. The second-order valence-corrected chi connectivity index (χ2v) is 8.14. The van der Waals surface area contributed by atoms with Crippen LogP contribution in [-0.2, 0) is 0 Å². The number of carboxylic acids is 1. The number of aromatic carboxylic acids is 1. The Labute approximate surface area is 217 Å². The second kappa shape index (κ2) is 11.0. The average molecular weight is 507 g/mol. The number of nitrogens with two attached hydrogens (primary N) is 1. The van der Waals surface area contributed by atoms with Crippen LogP contribution in [0.2, 0.25) is 0 Å². The first-order valence-corrected chi connectivity index (χ1v) is 11.3. The molecule has 0 saturated heterocycles. The van der Waals surface area contributed by atoms with Gasteiger partial charge in [-0.2, -0.15) is 0 Å². The predicted molar refractivity (Wildman–Crippen MR) is 143 cm³/mol. The van der Waals surface area contributed by atoms with Crippen LogP contribution in [0.4, 0.5) is 5.69 Å². The van der Waals surface area contributed by atoms with Crippen molar-refractivity contribution < 1.29 is 23.9 Å². The largest absolute Gasteiger partial charge is 0.478 e. The normalized spacial score (nSPS) is 10.3. The highest BCUT2D eigenvalue weighted by atomic mass is 16.4. The minimum atomic E-state index is -1.27. The fourth-order valence-electron chi connectivity index (χ4n) is 3.83. The first-order chi connectivity index (χ1) is 18.3. The SMILES string of the molecule is C#CCNC(=O)c1ccc(-c2ccc(-c3ccco3)cc2C(=O)Nc2ccc(C(=N)N)cc2)c(C(=O)O)c1. The molecule has 9 heteroatoms. The van der Waals surface area contributed by atoms with Gasteiger partial charge in [0.2, 0.25) is 0 Å². The topological polar surface area (TPSA) is 159 Å². The van der Waals surface area contributed by atoms with Crippen molar-refractivity contribution in [2.75, 3.05) is 11.9 Å². The van der Waals surface area contributed by atoms with Gasteiger partial charge in [-0.3, -0.25) is 15.0 Å². The fraction of sp³-hybridized carbons (Fsp3) is 0.0345. The minimum absolute atomic E-state index is 0.00501. The maximum absolute atomic E-state index is 13.5. The molecule has 0 aliphatic rings. The Morgan fingerprint density at radius 1 is 0.921 bits per heavy atom. The molecule has 1 aromatic heterocycles. The number of carboxylic acid groups (broad SMARTS) is 1. The van der Waals surface area contributed by atoms with Crippen molar-refractivity contribution in [3.63, 3.8) is 0 Å². The predicted octanol–water partition coefficient (Wildman–Crippen LogP) is 4.21. The second-order valence-electron chi connectivity index (χ2n) is 8.14. The van der Waals surface area contributed by atoms with Crippen molar-refractivity contribution in [2.24, 2.45) is 5.73 Å². The maximum atomic E-state index is 13.5. The van der Waals surface area contributed by atoms with Gasteiger partial charge in [0.1, 0.15) is 11.6 Å². The summed E-state index contributed by atoms with van der Waals surface area (Å²) in [6.07, 6.45) is 6.69. The van der Waals surface area contributed by atoms with E-state index in [0.717, 1.165) is 0 Å². The molecule has 4 rings (SSSR count). The molecule has 38 heavy (non-hydrogen) atoms. The van der Waals surface area contributed by atoms with Gasteiger partial charge in [0.15, 0.2) is 0 Å². The monoisotopic (exact) mass is 506 g/mol. The lowest BCUT2D eigenvalue weighted by molar-refractivity contribution is 0.0697. The van der Waals surface area contributed by atoms with Gasteiger partial charge in [0.25, 0.3) is 11.8 Å². The van der Waals surface area contributed by atoms with Gasteiger partial charge in [-0.1, -0.05) is 24.1 Å². The third-order valence-corrected chi connectivity index (χ3v) is 5.68. The number of anilines is 1. The summed E-state index contributed by atoms with van der Waals surface area (Å²) in [7, 11) is 0. The third-order valence-electron chi connectivity index (χ3n) is 5.68. The lowest BCUT2D eigenvalue weighted by Crippen LogP contribution is -2.23. The number of nitrogens with one attached hydrogen (secondary N) is 3. The number of rotatable bonds is 8. The van der Waals surface area contributed by atoms with Crippen LogP contribution >= 0.6 is 0 Å². The summed E-state index contributed by atoms with van der Waals surface area (Å²) in [6, 6.07) is 19.0. The molecular weight excluding hydrogens is 484 g/mol. The number of hydrogen-bond donors (Lipinski definition) is 5. The summed E-state index contributed by atoms with van der Waals surface area (Å²) >= 11 is 0. The van der Waals surface area contributed by atoms with Gasteiger partial charge in [-0.25, -0.2) is 4.79 Å². The van der Waals surface area contributed by atoms with Crippen molar-refractivity contribution >= 4 is 29.3 Å². The molecule has 0 spiro atoms. The Hall–Kier alpha value is -5.62. The zero-order valence-corrected chi connectivity index (χ0v) is 19.9. The molecular formula is C29H22N4O5. The Kier molecular flexibility index (Phi) is 7.35. The lowest BCUT2D eigenvalue weighted by Gasteiger charge is -2.15. The van der Waals surface area contributed by atoms with Gasteiger partial charge in [-0.05, 0) is 65.7 Å². The van der Waals surface area contributed by atoms with Crippen molar-refractivity contribution in [3.05, 3.63) is 101 Å². The Morgan fingerprint density at radius 3 is 2.24 bits per heavy atom. The molecule has 3 aromatic carbocycles. The van der Waals surface area contributed by atoms with Gasteiger partial charge in [0, 0.05) is 27.9 Å². The summed E-state index contributed by atoms with van der Waals surface area (Å²) < 4.78 is 5.47. The number of benzene rings is 3. The van der Waals surface area contributed by atoms with Crippen molar-refractivity contribution in [2.45, 2.75) is 0 Å². The van der Waals surface area contributed by atoms with Crippen LogP contribution in [-0.4, -0.2) is 35.3 Å². The van der Waals surface area contributed by atoms with E-state index < -0.39 is 17.8 Å². The number of amidine groups is 1. The van der Waals surface area contributed by atoms with E-state index in [1.807, 2.05) is 0 Å². The molecule has 0 bridgehead atoms. The highest BCUT2D eigenvalue weighted by molar-refractivity contribution is 6.11. The highest BCUT2D eigenvalue weighted by Gasteiger charge is 2.21. The molecule has 0 unspecified atom stereocenters. The van der Waals surface area contributed by atoms with Crippen LogP contribution in [0.3, 0.4) is 0 Å². The summed E-state index contributed by atoms with van der Waals surface area (Å²) in [5, 5.41) is 22.8. The van der Waals surface area contributed by atoms with Crippen LogP contribution in [0.5, 0.6) is 0 Å². The van der Waals surface area contributed by atoms with Gasteiger partial charge < -0.3 is 25.9 Å². The van der Waals surface area contributed by atoms with Gasteiger partial charge >= 0.3 is 5.97 Å². The Bertz CT molecular complexity index is 1580. The van der Waals surface area contributed by atoms with E-state index in [1.165, 1.54) is 24.5 Å². The van der Waals surface area contributed by atoms with E-state index in [1.54, 1.807) is 54.6 Å². The van der Waals surface area contributed by atoms with Crippen LogP contribution < -0.4 is 16.4 Å². The van der Waals surface area contributed by atoms with E-state index >= 15 is 0 Å². The summed E-state index contributed by atoms with van der Waals surface area (Å²) in [4.78, 5) is 38.0. The van der Waals surface area contributed by atoms with Crippen LogP contribution in [0, 0.1) is 17.8 Å². The van der Waals surface area contributed by atoms with Crippen molar-refractivity contribution in [1.82, 2.24) is 5.32 Å².